The lowest BCUT2D eigenvalue weighted by molar-refractivity contribution is -0.274. The molecule has 0 spiro atoms. The van der Waals surface area contributed by atoms with Crippen LogP contribution in [0.3, 0.4) is 0 Å². The first-order valence-electron chi connectivity index (χ1n) is 10.8. The fourth-order valence-electron chi connectivity index (χ4n) is 3.78. The molecule has 9 nitrogen and oxygen atoms in total. The number of piperidine rings is 1. The molecule has 3 heterocycles. The summed E-state index contributed by atoms with van der Waals surface area (Å²) in [6.07, 6.45) is -2.88. The third kappa shape index (κ3) is 6.09. The monoisotopic (exact) mass is 507 g/mol. The Morgan fingerprint density at radius 3 is 2.56 bits per heavy atom. The number of nitrogens with one attached hydrogen (secondary N) is 1. The lowest BCUT2D eigenvalue weighted by atomic mass is 10.0. The maximum absolute atomic E-state index is 14.9. The molecular weight excluding hydrogens is 486 g/mol. The molecule has 2 amide bonds. The highest BCUT2D eigenvalue weighted by molar-refractivity contribution is 5.96. The lowest BCUT2D eigenvalue weighted by Crippen LogP contribution is -2.49. The van der Waals surface area contributed by atoms with Gasteiger partial charge in [-0.3, -0.25) is 19.7 Å². The van der Waals surface area contributed by atoms with E-state index >= 15 is 0 Å². The molecule has 3 aromatic rings. The number of H-pyrrole nitrogens is 1. The number of aromatic nitrogens is 3. The minimum atomic E-state index is -4.81. The summed E-state index contributed by atoms with van der Waals surface area (Å²) in [6, 6.07) is 6.33. The van der Waals surface area contributed by atoms with Crippen molar-refractivity contribution >= 4 is 11.8 Å². The highest BCUT2D eigenvalue weighted by Gasteiger charge is 2.34. The quantitative estimate of drug-likeness (QED) is 0.474. The van der Waals surface area contributed by atoms with Gasteiger partial charge in [-0.1, -0.05) is 12.1 Å². The van der Waals surface area contributed by atoms with Gasteiger partial charge in [0.25, 0.3) is 5.91 Å². The van der Waals surface area contributed by atoms with E-state index < -0.39 is 30.3 Å². The predicted octanol–water partition coefficient (Wildman–Crippen LogP) is 3.03. The number of rotatable bonds is 7. The third-order valence-corrected chi connectivity index (χ3v) is 5.55. The first kappa shape index (κ1) is 24.9. The van der Waals surface area contributed by atoms with Gasteiger partial charge in [-0.15, -0.1) is 13.2 Å². The smallest absolute Gasteiger partial charge is 0.485 e. The minimum absolute atomic E-state index is 0.0309. The molecule has 1 aliphatic rings. The Hall–Kier alpha value is -4.16. The highest BCUT2D eigenvalue weighted by atomic mass is 19.4. The summed E-state index contributed by atoms with van der Waals surface area (Å²) in [4.78, 5) is 30.1. The number of halogens is 4. The number of nitrogens with zero attached hydrogens (tertiary/aromatic N) is 3. The molecular formula is C23H21F4N5O4. The molecule has 1 aliphatic heterocycles. The Morgan fingerprint density at radius 1 is 1.19 bits per heavy atom. The summed E-state index contributed by atoms with van der Waals surface area (Å²) in [5, 5.41) is 6.46. The molecule has 0 radical (unpaired) electrons. The van der Waals surface area contributed by atoms with Crippen molar-refractivity contribution in [1.29, 1.82) is 0 Å². The summed E-state index contributed by atoms with van der Waals surface area (Å²) >= 11 is 0. The van der Waals surface area contributed by atoms with Crippen molar-refractivity contribution in [2.24, 2.45) is 5.73 Å². The van der Waals surface area contributed by atoms with E-state index in [1.54, 1.807) is 6.20 Å². The van der Waals surface area contributed by atoms with Crippen molar-refractivity contribution in [2.45, 2.75) is 31.5 Å². The van der Waals surface area contributed by atoms with Gasteiger partial charge in [-0.2, -0.15) is 5.10 Å². The molecule has 190 valence electrons. The zero-order valence-electron chi connectivity index (χ0n) is 18.7. The van der Waals surface area contributed by atoms with Gasteiger partial charge in [0.15, 0.2) is 11.9 Å². The summed E-state index contributed by atoms with van der Waals surface area (Å²) in [5.41, 5.74) is 7.02. The van der Waals surface area contributed by atoms with Crippen LogP contribution in [-0.4, -0.2) is 63.6 Å². The van der Waals surface area contributed by atoms with Crippen LogP contribution >= 0.6 is 0 Å². The van der Waals surface area contributed by atoms with Crippen molar-refractivity contribution in [2.75, 3.05) is 13.1 Å². The van der Waals surface area contributed by atoms with Gasteiger partial charge in [0.05, 0.1) is 36.6 Å². The van der Waals surface area contributed by atoms with E-state index in [-0.39, 0.29) is 43.2 Å². The summed E-state index contributed by atoms with van der Waals surface area (Å²) in [7, 11) is 0. The molecule has 4 rings (SSSR count). The molecule has 36 heavy (non-hydrogen) atoms. The first-order valence-corrected chi connectivity index (χ1v) is 10.8. The van der Waals surface area contributed by atoms with Gasteiger partial charge < -0.3 is 20.1 Å². The molecule has 1 aromatic carbocycles. The van der Waals surface area contributed by atoms with Crippen molar-refractivity contribution < 1.29 is 36.6 Å². The van der Waals surface area contributed by atoms with Crippen LogP contribution in [0, 0.1) is 0 Å². The molecule has 0 bridgehead atoms. The van der Waals surface area contributed by atoms with Gasteiger partial charge in [-0.05, 0) is 23.8 Å². The minimum Gasteiger partial charge on any atom is -0.485 e. The third-order valence-electron chi connectivity index (χ3n) is 5.55. The van der Waals surface area contributed by atoms with Crippen LogP contribution in [0.1, 0.15) is 22.3 Å². The second-order valence-corrected chi connectivity index (χ2v) is 8.09. The molecule has 3 N–H and O–H groups in total. The molecule has 13 heteroatoms. The topological polar surface area (TPSA) is 123 Å². The number of likely N-dealkylation sites (tertiary alicyclic amines) is 1. The Bertz CT molecular complexity index is 1220. The fourth-order valence-corrected chi connectivity index (χ4v) is 3.78. The Morgan fingerprint density at radius 2 is 1.94 bits per heavy atom. The molecule has 0 aliphatic carbocycles. The maximum atomic E-state index is 14.9. The number of carbonyl (C=O) groups is 2. The first-order chi connectivity index (χ1) is 17.1. The summed E-state index contributed by atoms with van der Waals surface area (Å²) in [5.74, 6) is -1.53. The SMILES string of the molecule is NC(=O)c1cc(-c2cn[nH]c2)ncc1O[C@H]1CCN(C(=O)Cc2ccc(OC(F)(F)F)cc2)C[C@H]1F. The highest BCUT2D eigenvalue weighted by Crippen LogP contribution is 2.28. The standard InChI is InChI=1S/C23H21F4N5O4/c24-17-12-32(21(33)7-13-1-3-15(4-2-13)36-23(25,26)27)6-5-19(17)35-20-11-29-18(8-16(20)22(28)34)14-9-30-31-10-14/h1-4,8-11,17,19H,5-7,12H2,(H2,28,34)(H,30,31)/t17-,19+/m1/s1. The number of primary amides is 1. The van der Waals surface area contributed by atoms with E-state index in [2.05, 4.69) is 19.9 Å². The number of carbonyl (C=O) groups excluding carboxylic acids is 2. The van der Waals surface area contributed by atoms with E-state index in [0.29, 0.717) is 16.8 Å². The maximum Gasteiger partial charge on any atom is 0.573 e. The number of hydrogen-bond donors (Lipinski definition) is 2. The number of hydrogen-bond acceptors (Lipinski definition) is 6. The summed E-state index contributed by atoms with van der Waals surface area (Å²) in [6.45, 7) is -0.0587. The Kier molecular flexibility index (Phi) is 7.08. The number of benzene rings is 1. The zero-order chi connectivity index (χ0) is 25.9. The Balaban J connectivity index is 1.36. The lowest BCUT2D eigenvalue weighted by Gasteiger charge is -2.35. The zero-order valence-corrected chi connectivity index (χ0v) is 18.7. The largest absolute Gasteiger partial charge is 0.573 e. The van der Waals surface area contributed by atoms with Crippen LogP contribution in [0.25, 0.3) is 11.3 Å². The average Bonchev–Trinajstić information content (AvgIpc) is 3.36. The molecule has 2 atom stereocenters. The number of pyridine rings is 1. The van der Waals surface area contributed by atoms with E-state index in [1.165, 1.54) is 35.5 Å². The van der Waals surface area contributed by atoms with Crippen LogP contribution in [0.5, 0.6) is 11.5 Å². The van der Waals surface area contributed by atoms with E-state index in [1.807, 2.05) is 0 Å². The van der Waals surface area contributed by atoms with E-state index in [0.717, 1.165) is 12.1 Å². The second kappa shape index (κ2) is 10.2. The number of aromatic amines is 1. The number of nitrogens with two attached hydrogens (primary N) is 1. The number of amides is 2. The van der Waals surface area contributed by atoms with Gasteiger partial charge in [0, 0.05) is 24.7 Å². The van der Waals surface area contributed by atoms with Crippen LogP contribution in [0.2, 0.25) is 0 Å². The van der Waals surface area contributed by atoms with Crippen molar-refractivity contribution in [3.63, 3.8) is 0 Å². The van der Waals surface area contributed by atoms with Crippen LogP contribution in [-0.2, 0) is 11.2 Å². The van der Waals surface area contributed by atoms with Crippen molar-refractivity contribution in [3.05, 3.63) is 60.0 Å². The van der Waals surface area contributed by atoms with Gasteiger partial charge in [-0.25, -0.2) is 4.39 Å². The van der Waals surface area contributed by atoms with Gasteiger partial charge in [0.1, 0.15) is 11.9 Å². The van der Waals surface area contributed by atoms with Crippen LogP contribution in [0.4, 0.5) is 17.6 Å². The van der Waals surface area contributed by atoms with Crippen molar-refractivity contribution in [3.8, 4) is 22.8 Å². The molecule has 1 saturated heterocycles. The normalized spacial score (nSPS) is 18.1. The molecule has 0 unspecified atom stereocenters. The Labute approximate surface area is 202 Å². The van der Waals surface area contributed by atoms with Gasteiger partial charge in [0.2, 0.25) is 5.91 Å². The molecule has 0 saturated carbocycles. The van der Waals surface area contributed by atoms with Gasteiger partial charge >= 0.3 is 6.36 Å². The van der Waals surface area contributed by atoms with Crippen LogP contribution < -0.4 is 15.2 Å². The number of ether oxygens (including phenoxy) is 2. The second-order valence-electron chi connectivity index (χ2n) is 8.09. The van der Waals surface area contributed by atoms with E-state index in [9.17, 15) is 27.2 Å². The fraction of sp³-hybridized carbons (Fsp3) is 0.304. The number of alkyl halides is 4. The average molecular weight is 507 g/mol. The molecule has 1 fully saturated rings. The molecule has 2 aromatic heterocycles. The van der Waals surface area contributed by atoms with E-state index in [4.69, 9.17) is 10.5 Å². The van der Waals surface area contributed by atoms with Crippen LogP contribution in [0.15, 0.2) is 48.9 Å². The summed E-state index contributed by atoms with van der Waals surface area (Å²) < 4.78 is 61.3. The van der Waals surface area contributed by atoms with Crippen molar-refractivity contribution in [1.82, 2.24) is 20.1 Å². The predicted molar refractivity (Wildman–Crippen MR) is 118 cm³/mol.